The molecule has 3 aromatic rings. The van der Waals surface area contributed by atoms with Crippen LogP contribution in [0.5, 0.6) is 11.5 Å². The molecule has 0 fully saturated rings. The smallest absolute Gasteiger partial charge is 0.258 e. The van der Waals surface area contributed by atoms with Crippen molar-refractivity contribution in [3.05, 3.63) is 66.4 Å². The zero-order valence-corrected chi connectivity index (χ0v) is 13.4. The first-order valence-electron chi connectivity index (χ1n) is 7.63. The Bertz CT molecular complexity index is 849. The van der Waals surface area contributed by atoms with Crippen molar-refractivity contribution in [2.24, 2.45) is 0 Å². The quantitative estimate of drug-likeness (QED) is 0.758. The minimum atomic E-state index is -0.212. The predicted octanol–water partition coefficient (Wildman–Crippen LogP) is 2.94. The second-order valence-electron chi connectivity index (χ2n) is 5.21. The Morgan fingerprint density at radius 1 is 1.00 bits per heavy atom. The number of nitrogens with zero attached hydrogens (tertiary/aromatic N) is 1. The fraction of sp³-hybridized carbons (Fsp3) is 0.158. The lowest BCUT2D eigenvalue weighted by Crippen LogP contribution is -2.28. The van der Waals surface area contributed by atoms with Crippen molar-refractivity contribution in [3.63, 3.8) is 0 Å². The summed E-state index contributed by atoms with van der Waals surface area (Å²) in [5.41, 5.74) is 1.72. The van der Waals surface area contributed by atoms with Gasteiger partial charge in [0, 0.05) is 5.39 Å². The van der Waals surface area contributed by atoms with Crippen LogP contribution in [0.25, 0.3) is 10.9 Å². The molecule has 0 bridgehead atoms. The van der Waals surface area contributed by atoms with Gasteiger partial charge in [0.05, 0.1) is 24.9 Å². The Morgan fingerprint density at radius 3 is 2.58 bits per heavy atom. The molecule has 0 atom stereocenters. The fourth-order valence-electron chi connectivity index (χ4n) is 2.33. The van der Waals surface area contributed by atoms with E-state index in [4.69, 9.17) is 9.47 Å². The van der Waals surface area contributed by atoms with E-state index < -0.39 is 0 Å². The minimum absolute atomic E-state index is 0.0754. The van der Waals surface area contributed by atoms with Crippen molar-refractivity contribution in [1.82, 2.24) is 10.3 Å². The Morgan fingerprint density at radius 2 is 1.75 bits per heavy atom. The molecule has 0 spiro atoms. The number of carbonyl (C=O) groups excluding carboxylic acids is 1. The van der Waals surface area contributed by atoms with Gasteiger partial charge in [-0.2, -0.15) is 0 Å². The van der Waals surface area contributed by atoms with E-state index in [2.05, 4.69) is 10.3 Å². The lowest BCUT2D eigenvalue weighted by Gasteiger charge is -2.10. The third kappa shape index (κ3) is 3.81. The van der Waals surface area contributed by atoms with Gasteiger partial charge in [-0.05, 0) is 24.3 Å². The van der Waals surface area contributed by atoms with Crippen LogP contribution in [0.3, 0.4) is 0 Å². The lowest BCUT2D eigenvalue weighted by molar-refractivity contribution is -0.123. The molecule has 2 aromatic carbocycles. The van der Waals surface area contributed by atoms with Gasteiger partial charge in [-0.15, -0.1) is 0 Å². The molecular weight excluding hydrogens is 304 g/mol. The van der Waals surface area contributed by atoms with Gasteiger partial charge in [0.2, 0.25) is 0 Å². The molecule has 0 unspecified atom stereocenters. The summed E-state index contributed by atoms with van der Waals surface area (Å²) in [5, 5.41) is 3.88. The topological polar surface area (TPSA) is 60.5 Å². The first-order valence-corrected chi connectivity index (χ1v) is 7.63. The molecule has 1 amide bonds. The molecule has 0 aliphatic carbocycles. The number of rotatable bonds is 6. The number of ether oxygens (including phenoxy) is 2. The largest absolute Gasteiger partial charge is 0.493 e. The maximum Gasteiger partial charge on any atom is 0.258 e. The molecule has 1 N–H and O–H groups in total. The highest BCUT2D eigenvalue weighted by Gasteiger charge is 2.07. The third-order valence-corrected chi connectivity index (χ3v) is 3.55. The van der Waals surface area contributed by atoms with Crippen molar-refractivity contribution in [3.8, 4) is 11.5 Å². The van der Waals surface area contributed by atoms with E-state index in [1.165, 1.54) is 0 Å². The predicted molar refractivity (Wildman–Crippen MR) is 92.1 cm³/mol. The highest BCUT2D eigenvalue weighted by Crippen LogP contribution is 2.25. The molecule has 24 heavy (non-hydrogen) atoms. The number of amides is 1. The Labute approximate surface area is 140 Å². The number of aromatic nitrogens is 1. The maximum atomic E-state index is 11.9. The van der Waals surface area contributed by atoms with Gasteiger partial charge in [0.25, 0.3) is 5.91 Å². The summed E-state index contributed by atoms with van der Waals surface area (Å²) in [7, 11) is 1.56. The van der Waals surface area contributed by atoms with E-state index in [0.717, 1.165) is 16.6 Å². The number of hydrogen-bond donors (Lipinski definition) is 1. The molecule has 3 rings (SSSR count). The standard InChI is InChI=1S/C19H18N2O3/c1-23-17-8-4-5-9-18(17)24-13-19(22)20-12-15-11-10-14-6-2-3-7-16(14)21-15/h2-11H,12-13H2,1H3,(H,20,22). The molecule has 0 saturated carbocycles. The van der Waals surface area contributed by atoms with Gasteiger partial charge < -0.3 is 14.8 Å². The summed E-state index contributed by atoms with van der Waals surface area (Å²) in [5.74, 6) is 0.927. The molecule has 5 nitrogen and oxygen atoms in total. The zero-order valence-electron chi connectivity index (χ0n) is 13.4. The van der Waals surface area contributed by atoms with Crippen molar-refractivity contribution in [1.29, 1.82) is 0 Å². The molecule has 0 aliphatic heterocycles. The normalized spacial score (nSPS) is 10.4. The zero-order chi connectivity index (χ0) is 16.8. The van der Waals surface area contributed by atoms with Crippen LogP contribution in [-0.4, -0.2) is 24.6 Å². The first kappa shape index (κ1) is 15.8. The van der Waals surface area contributed by atoms with Crippen molar-refractivity contribution in [2.75, 3.05) is 13.7 Å². The molecule has 1 aromatic heterocycles. The fourth-order valence-corrected chi connectivity index (χ4v) is 2.33. The van der Waals surface area contributed by atoms with Gasteiger partial charge in [-0.1, -0.05) is 36.4 Å². The van der Waals surface area contributed by atoms with Gasteiger partial charge in [-0.25, -0.2) is 0 Å². The molecule has 0 saturated heterocycles. The third-order valence-electron chi connectivity index (χ3n) is 3.55. The van der Waals surface area contributed by atoms with E-state index in [9.17, 15) is 4.79 Å². The lowest BCUT2D eigenvalue weighted by atomic mass is 10.2. The molecule has 0 radical (unpaired) electrons. The number of carbonyl (C=O) groups is 1. The summed E-state index contributed by atoms with van der Waals surface area (Å²) in [4.78, 5) is 16.5. The Hall–Kier alpha value is -3.08. The van der Waals surface area contributed by atoms with Crippen LogP contribution in [0, 0.1) is 0 Å². The number of para-hydroxylation sites is 3. The van der Waals surface area contributed by atoms with Crippen LogP contribution in [0.1, 0.15) is 5.69 Å². The summed E-state index contributed by atoms with van der Waals surface area (Å²) in [6.45, 7) is 0.285. The van der Waals surface area contributed by atoms with Crippen molar-refractivity contribution >= 4 is 16.8 Å². The van der Waals surface area contributed by atoms with Gasteiger partial charge in [0.15, 0.2) is 18.1 Å². The van der Waals surface area contributed by atoms with Gasteiger partial charge >= 0.3 is 0 Å². The molecule has 5 heteroatoms. The van der Waals surface area contributed by atoms with Crippen LogP contribution in [0.2, 0.25) is 0 Å². The van der Waals surface area contributed by atoms with E-state index in [-0.39, 0.29) is 12.5 Å². The van der Waals surface area contributed by atoms with Crippen LogP contribution in [0.4, 0.5) is 0 Å². The first-order chi connectivity index (χ1) is 11.8. The summed E-state index contributed by atoms with van der Waals surface area (Å²) < 4.78 is 10.7. The van der Waals surface area contributed by atoms with E-state index >= 15 is 0 Å². The van der Waals surface area contributed by atoms with Gasteiger partial charge in [-0.3, -0.25) is 9.78 Å². The molecule has 122 valence electrons. The van der Waals surface area contributed by atoms with Crippen LogP contribution < -0.4 is 14.8 Å². The number of pyridine rings is 1. The Balaban J connectivity index is 1.55. The monoisotopic (exact) mass is 322 g/mol. The number of hydrogen-bond acceptors (Lipinski definition) is 4. The molecule has 0 aliphatic rings. The number of benzene rings is 2. The van der Waals surface area contributed by atoms with E-state index in [0.29, 0.717) is 18.0 Å². The second kappa shape index (κ2) is 7.46. The minimum Gasteiger partial charge on any atom is -0.493 e. The summed E-state index contributed by atoms with van der Waals surface area (Å²) in [6, 6.07) is 19.0. The highest BCUT2D eigenvalue weighted by atomic mass is 16.5. The SMILES string of the molecule is COc1ccccc1OCC(=O)NCc1ccc2ccccc2n1. The number of methoxy groups -OCH3 is 1. The van der Waals surface area contributed by atoms with Crippen molar-refractivity contribution in [2.45, 2.75) is 6.54 Å². The molecular formula is C19H18N2O3. The van der Waals surface area contributed by atoms with Crippen molar-refractivity contribution < 1.29 is 14.3 Å². The highest BCUT2D eigenvalue weighted by molar-refractivity contribution is 5.79. The summed E-state index contributed by atoms with van der Waals surface area (Å²) in [6.07, 6.45) is 0. The average Bonchev–Trinajstić information content (AvgIpc) is 2.64. The van der Waals surface area contributed by atoms with Gasteiger partial charge in [0.1, 0.15) is 0 Å². The van der Waals surface area contributed by atoms with Crippen LogP contribution in [-0.2, 0) is 11.3 Å². The Kier molecular flexibility index (Phi) is 4.91. The second-order valence-corrected chi connectivity index (χ2v) is 5.21. The molecule has 1 heterocycles. The van der Waals surface area contributed by atoms with Crippen LogP contribution >= 0.6 is 0 Å². The average molecular weight is 322 g/mol. The summed E-state index contributed by atoms with van der Waals surface area (Å²) >= 11 is 0. The van der Waals surface area contributed by atoms with Crippen LogP contribution in [0.15, 0.2) is 60.7 Å². The number of nitrogens with one attached hydrogen (secondary N) is 1. The van der Waals surface area contributed by atoms with E-state index in [1.54, 1.807) is 19.2 Å². The number of fused-ring (bicyclic) bond motifs is 1. The maximum absolute atomic E-state index is 11.9. The van der Waals surface area contributed by atoms with E-state index in [1.807, 2.05) is 48.5 Å².